The van der Waals surface area contributed by atoms with E-state index < -0.39 is 0 Å². The number of aromatic hydroxyl groups is 2. The highest BCUT2D eigenvalue weighted by Gasteiger charge is 2.19. The van der Waals surface area contributed by atoms with E-state index >= 15 is 0 Å². The van der Waals surface area contributed by atoms with Gasteiger partial charge in [0.25, 0.3) is 0 Å². The summed E-state index contributed by atoms with van der Waals surface area (Å²) in [5.74, 6) is -0.612. The summed E-state index contributed by atoms with van der Waals surface area (Å²) >= 11 is 3.61. The number of methoxy groups -OCH3 is 1. The van der Waals surface area contributed by atoms with Gasteiger partial charge in [0.15, 0.2) is 23.0 Å². The van der Waals surface area contributed by atoms with Crippen LogP contribution < -0.4 is 8.92 Å². The monoisotopic (exact) mass is 320 g/mol. The molecule has 0 bridgehead atoms. The van der Waals surface area contributed by atoms with Crippen molar-refractivity contribution in [1.29, 1.82) is 0 Å². The maximum absolute atomic E-state index is 11.0. The first kappa shape index (κ1) is 15.7. The fraction of sp³-hybridized carbons (Fsp3) is 0.0667. The molecular weight excluding hydrogens is 308 g/mol. The van der Waals surface area contributed by atoms with E-state index in [2.05, 4.69) is 12.9 Å². The van der Waals surface area contributed by atoms with Crippen LogP contribution in [-0.4, -0.2) is 29.9 Å². The number of benzene rings is 2. The second-order valence-corrected chi connectivity index (χ2v) is 4.54. The van der Waals surface area contributed by atoms with Gasteiger partial charge in [0, 0.05) is 35.2 Å². The third kappa shape index (κ3) is 2.71. The third-order valence-electron chi connectivity index (χ3n) is 3.08. The van der Waals surface area contributed by atoms with Crippen LogP contribution in [0.15, 0.2) is 24.3 Å². The van der Waals surface area contributed by atoms with Gasteiger partial charge in [-0.3, -0.25) is 9.59 Å². The first-order valence-corrected chi connectivity index (χ1v) is 6.42. The van der Waals surface area contributed by atoms with Crippen LogP contribution in [0.3, 0.4) is 0 Å². The molecule has 0 aliphatic rings. The van der Waals surface area contributed by atoms with E-state index in [1.165, 1.54) is 31.4 Å². The molecule has 2 aromatic rings. The molecule has 0 atom stereocenters. The topological polar surface area (TPSA) is 93.1 Å². The summed E-state index contributed by atoms with van der Waals surface area (Å²) in [7, 11) is 1.33. The Morgan fingerprint density at radius 1 is 0.909 bits per heavy atom. The zero-order valence-electron chi connectivity index (χ0n) is 11.4. The summed E-state index contributed by atoms with van der Waals surface area (Å²) in [6.45, 7) is 0. The van der Waals surface area contributed by atoms with Gasteiger partial charge in [0.1, 0.15) is 12.6 Å². The van der Waals surface area contributed by atoms with E-state index in [0.717, 1.165) is 0 Å². The number of ether oxygens (including phenoxy) is 1. The lowest BCUT2D eigenvalue weighted by molar-refractivity contribution is 0.111. The number of hydrogen-bond acceptors (Lipinski definition) is 7. The lowest BCUT2D eigenvalue weighted by atomic mass is 9.98. The van der Waals surface area contributed by atoms with Gasteiger partial charge in [0.2, 0.25) is 0 Å². The molecule has 0 saturated carbocycles. The summed E-state index contributed by atoms with van der Waals surface area (Å²) in [4.78, 5) is 22.0. The van der Waals surface area contributed by atoms with Crippen molar-refractivity contribution in [3.8, 4) is 34.1 Å². The molecule has 0 aliphatic carbocycles. The Hall–Kier alpha value is -2.67. The first-order valence-electron chi connectivity index (χ1n) is 6.05. The summed E-state index contributed by atoms with van der Waals surface area (Å²) in [6, 6.07) is 5.34. The molecule has 0 fully saturated rings. The van der Waals surface area contributed by atoms with Crippen molar-refractivity contribution < 1.29 is 28.7 Å². The van der Waals surface area contributed by atoms with Crippen LogP contribution in [0.1, 0.15) is 20.7 Å². The fourth-order valence-electron chi connectivity index (χ4n) is 2.03. The SMILES string of the molecule is COc1cc(C=O)cc(-c2cc(C=O)cc(OS)c2O)c1O. The minimum atomic E-state index is -0.332. The number of carbonyl (C=O) groups is 2. The van der Waals surface area contributed by atoms with E-state index in [4.69, 9.17) is 8.92 Å². The molecule has 6 nitrogen and oxygen atoms in total. The van der Waals surface area contributed by atoms with Crippen LogP contribution >= 0.6 is 12.9 Å². The normalized spacial score (nSPS) is 10.1. The number of hydrogen-bond donors (Lipinski definition) is 3. The molecule has 0 spiro atoms. The average Bonchev–Trinajstić information content (AvgIpc) is 2.55. The van der Waals surface area contributed by atoms with Crippen molar-refractivity contribution in [2.45, 2.75) is 0 Å². The van der Waals surface area contributed by atoms with E-state index in [1.54, 1.807) is 0 Å². The van der Waals surface area contributed by atoms with E-state index in [-0.39, 0.29) is 45.3 Å². The van der Waals surface area contributed by atoms with Crippen LogP contribution in [-0.2, 0) is 0 Å². The molecule has 0 radical (unpaired) electrons. The predicted octanol–water partition coefficient (Wildman–Crippen LogP) is 2.62. The second kappa shape index (κ2) is 6.40. The van der Waals surface area contributed by atoms with Gasteiger partial charge in [-0.25, -0.2) is 0 Å². The minimum absolute atomic E-state index is 0.0576. The van der Waals surface area contributed by atoms with E-state index in [0.29, 0.717) is 12.6 Å². The number of aldehydes is 2. The molecule has 0 unspecified atom stereocenters. The lowest BCUT2D eigenvalue weighted by Crippen LogP contribution is -1.93. The van der Waals surface area contributed by atoms with Crippen molar-refractivity contribution in [3.05, 3.63) is 35.4 Å². The highest BCUT2D eigenvalue weighted by Crippen LogP contribution is 2.45. The second-order valence-electron chi connectivity index (χ2n) is 4.36. The molecule has 2 N–H and O–H groups in total. The minimum Gasteiger partial charge on any atom is -0.504 e. The van der Waals surface area contributed by atoms with Crippen LogP contribution in [0.4, 0.5) is 0 Å². The number of thiol groups is 1. The Labute approximate surface area is 131 Å². The molecule has 2 aromatic carbocycles. The van der Waals surface area contributed by atoms with E-state index in [9.17, 15) is 19.8 Å². The van der Waals surface area contributed by atoms with Crippen molar-refractivity contribution >= 4 is 25.5 Å². The van der Waals surface area contributed by atoms with E-state index in [1.807, 2.05) is 0 Å². The maximum atomic E-state index is 11.0. The highest BCUT2D eigenvalue weighted by molar-refractivity contribution is 7.75. The van der Waals surface area contributed by atoms with Gasteiger partial charge < -0.3 is 19.1 Å². The molecule has 0 aliphatic heterocycles. The van der Waals surface area contributed by atoms with Gasteiger partial charge in [-0.05, 0) is 24.3 Å². The standard InChI is InChI=1S/C15H12O6S/c1-20-12-4-8(6-16)2-10(14(12)18)11-3-9(7-17)5-13(21-22)15(11)19/h2-7,18-19,22H,1H3. The van der Waals surface area contributed by atoms with Gasteiger partial charge in [-0.15, -0.1) is 0 Å². The van der Waals surface area contributed by atoms with Crippen molar-refractivity contribution in [3.63, 3.8) is 0 Å². The summed E-state index contributed by atoms with van der Waals surface area (Å²) in [6.07, 6.45) is 1.12. The Morgan fingerprint density at radius 3 is 1.77 bits per heavy atom. The highest BCUT2D eigenvalue weighted by atomic mass is 32.1. The molecule has 2 rings (SSSR count). The third-order valence-corrected chi connectivity index (χ3v) is 3.27. The zero-order valence-corrected chi connectivity index (χ0v) is 12.3. The van der Waals surface area contributed by atoms with Crippen LogP contribution in [0.5, 0.6) is 23.0 Å². The van der Waals surface area contributed by atoms with Crippen LogP contribution in [0, 0.1) is 0 Å². The maximum Gasteiger partial charge on any atom is 0.179 e. The average molecular weight is 320 g/mol. The van der Waals surface area contributed by atoms with Crippen LogP contribution in [0.2, 0.25) is 0 Å². The molecular formula is C15H12O6S. The first-order chi connectivity index (χ1) is 10.5. The van der Waals surface area contributed by atoms with Gasteiger partial charge in [-0.1, -0.05) is 0 Å². The summed E-state index contributed by atoms with van der Waals surface area (Å²) in [5.41, 5.74) is 0.656. The number of phenolic OH excluding ortho intramolecular Hbond substituents is 2. The molecule has 0 aromatic heterocycles. The smallest absolute Gasteiger partial charge is 0.179 e. The Bertz CT molecular complexity index is 678. The van der Waals surface area contributed by atoms with Gasteiger partial charge >= 0.3 is 0 Å². The summed E-state index contributed by atoms with van der Waals surface area (Å²) < 4.78 is 9.70. The van der Waals surface area contributed by atoms with Gasteiger partial charge in [0.05, 0.1) is 7.11 Å². The fourth-order valence-corrected chi connectivity index (χ4v) is 2.17. The van der Waals surface area contributed by atoms with Crippen molar-refractivity contribution in [2.75, 3.05) is 7.11 Å². The number of phenols is 2. The molecule has 0 amide bonds. The Kier molecular flexibility index (Phi) is 4.57. The molecule has 22 heavy (non-hydrogen) atoms. The predicted molar refractivity (Wildman–Crippen MR) is 82.1 cm³/mol. The van der Waals surface area contributed by atoms with Gasteiger partial charge in [-0.2, -0.15) is 0 Å². The number of carbonyl (C=O) groups excluding carboxylic acids is 2. The number of rotatable bonds is 5. The quantitative estimate of drug-likeness (QED) is 0.445. The molecule has 0 heterocycles. The van der Waals surface area contributed by atoms with Crippen molar-refractivity contribution in [1.82, 2.24) is 0 Å². The Balaban J connectivity index is 2.80. The van der Waals surface area contributed by atoms with Crippen molar-refractivity contribution in [2.24, 2.45) is 0 Å². The lowest BCUT2D eigenvalue weighted by Gasteiger charge is -2.13. The molecule has 114 valence electrons. The zero-order chi connectivity index (χ0) is 16.3. The summed E-state index contributed by atoms with van der Waals surface area (Å²) in [5, 5.41) is 20.4. The molecule has 0 saturated heterocycles. The Morgan fingerprint density at radius 2 is 1.36 bits per heavy atom. The molecule has 7 heteroatoms. The largest absolute Gasteiger partial charge is 0.504 e. The van der Waals surface area contributed by atoms with Crippen LogP contribution in [0.25, 0.3) is 11.1 Å².